The molecule has 28 heavy (non-hydrogen) atoms. The lowest BCUT2D eigenvalue weighted by molar-refractivity contribution is -0.218. The molecule has 2 aliphatic carbocycles. The van der Waals surface area contributed by atoms with E-state index in [1.54, 1.807) is 6.07 Å². The lowest BCUT2D eigenvalue weighted by atomic mass is 9.50. The fraction of sp³-hybridized carbons (Fsp3) is 0.636. The molecule has 152 valence electrons. The molecule has 0 amide bonds. The summed E-state index contributed by atoms with van der Waals surface area (Å²) in [5, 5.41) is 8.94. The molecule has 0 spiro atoms. The molecule has 0 bridgehead atoms. The maximum absolute atomic E-state index is 10.9. The molecular weight excluding hydrogens is 358 g/mol. The largest absolute Gasteiger partial charge is 0.492 e. The number of fused-ring (bicyclic) bond motifs is 3. The summed E-state index contributed by atoms with van der Waals surface area (Å²) in [4.78, 5) is 14.8. The van der Waals surface area contributed by atoms with Crippen LogP contribution in [-0.2, 0) is 9.47 Å². The first-order chi connectivity index (χ1) is 13.5. The van der Waals surface area contributed by atoms with E-state index >= 15 is 0 Å². The predicted molar refractivity (Wildman–Crippen MR) is 103 cm³/mol. The van der Waals surface area contributed by atoms with Gasteiger partial charge in [0.15, 0.2) is 0 Å². The Morgan fingerprint density at radius 1 is 1.43 bits per heavy atom. The number of hydrogen-bond acceptors (Lipinski definition) is 5. The Morgan fingerprint density at radius 3 is 3.04 bits per heavy atom. The molecule has 3 fully saturated rings. The topological polar surface area (TPSA) is 77.9 Å². The van der Waals surface area contributed by atoms with Crippen LogP contribution in [0.25, 0.3) is 0 Å². The minimum atomic E-state index is -1.03. The zero-order valence-electron chi connectivity index (χ0n) is 16.4. The van der Waals surface area contributed by atoms with Gasteiger partial charge in [-0.2, -0.15) is 0 Å². The van der Waals surface area contributed by atoms with E-state index in [-0.39, 0.29) is 11.1 Å². The molecule has 6 nitrogen and oxygen atoms in total. The third-order valence-electron chi connectivity index (χ3n) is 7.18. The Kier molecular flexibility index (Phi) is 5.43. The second-order valence-electron chi connectivity index (χ2n) is 8.58. The molecule has 5 atom stereocenters. The Balaban J connectivity index is 1.41. The normalized spacial score (nSPS) is 35.0. The van der Waals surface area contributed by atoms with Crippen molar-refractivity contribution >= 4 is 5.97 Å². The number of carboxylic acid groups (broad SMARTS) is 1. The van der Waals surface area contributed by atoms with Crippen LogP contribution in [0, 0.1) is 23.2 Å². The highest BCUT2D eigenvalue weighted by molar-refractivity contribution is 5.85. The molecule has 1 saturated heterocycles. The molecule has 2 saturated carbocycles. The summed E-state index contributed by atoms with van der Waals surface area (Å²) < 4.78 is 17.4. The standard InChI is InChI=1S/C22H29NO5/c1-14-3-5-18-16-12-26-13-28-20(16)7-9-22(18,2)17(14)8-10-27-15-4-6-19(21(24)25)23-11-15/h4,6,11,16-18,20H,1,3,5,7-10,12-13H2,2H3,(H,24,25). The molecule has 1 aliphatic heterocycles. The Morgan fingerprint density at radius 2 is 2.29 bits per heavy atom. The number of carboxylic acids is 1. The number of aromatic carboxylic acids is 1. The summed E-state index contributed by atoms with van der Waals surface area (Å²) in [6.07, 6.45) is 7.19. The van der Waals surface area contributed by atoms with Crippen LogP contribution in [0.3, 0.4) is 0 Å². The average molecular weight is 387 g/mol. The van der Waals surface area contributed by atoms with E-state index < -0.39 is 5.97 Å². The smallest absolute Gasteiger partial charge is 0.354 e. The minimum Gasteiger partial charge on any atom is -0.492 e. The molecule has 6 heteroatoms. The second kappa shape index (κ2) is 7.84. The molecular formula is C22H29NO5. The van der Waals surface area contributed by atoms with Crippen LogP contribution in [0.5, 0.6) is 5.75 Å². The van der Waals surface area contributed by atoms with E-state index in [0.717, 1.165) is 32.3 Å². The van der Waals surface area contributed by atoms with Gasteiger partial charge in [-0.3, -0.25) is 0 Å². The van der Waals surface area contributed by atoms with Gasteiger partial charge in [0.2, 0.25) is 0 Å². The van der Waals surface area contributed by atoms with Gasteiger partial charge in [0.05, 0.1) is 25.5 Å². The van der Waals surface area contributed by atoms with Crippen LogP contribution in [0.15, 0.2) is 30.5 Å². The molecule has 0 aromatic carbocycles. The summed E-state index contributed by atoms with van der Waals surface area (Å²) in [5.41, 5.74) is 1.56. The Labute approximate surface area is 165 Å². The average Bonchev–Trinajstić information content (AvgIpc) is 2.70. The quantitative estimate of drug-likeness (QED) is 0.772. The third-order valence-corrected chi connectivity index (χ3v) is 7.18. The van der Waals surface area contributed by atoms with E-state index in [4.69, 9.17) is 19.3 Å². The van der Waals surface area contributed by atoms with Crippen LogP contribution < -0.4 is 4.74 Å². The second-order valence-corrected chi connectivity index (χ2v) is 8.58. The molecule has 2 heterocycles. The van der Waals surface area contributed by atoms with E-state index in [0.29, 0.717) is 43.0 Å². The first-order valence-electron chi connectivity index (χ1n) is 10.2. The van der Waals surface area contributed by atoms with Gasteiger partial charge >= 0.3 is 5.97 Å². The van der Waals surface area contributed by atoms with Gasteiger partial charge in [0.1, 0.15) is 18.2 Å². The highest BCUT2D eigenvalue weighted by atomic mass is 16.7. The first-order valence-corrected chi connectivity index (χ1v) is 10.2. The van der Waals surface area contributed by atoms with Crippen LogP contribution in [0.4, 0.5) is 0 Å². The zero-order chi connectivity index (χ0) is 19.7. The number of carbonyl (C=O) groups is 1. The summed E-state index contributed by atoms with van der Waals surface area (Å²) in [5.74, 6) is 1.07. The molecule has 0 radical (unpaired) electrons. The van der Waals surface area contributed by atoms with Crippen molar-refractivity contribution in [3.05, 3.63) is 36.2 Å². The summed E-state index contributed by atoms with van der Waals surface area (Å²) in [7, 11) is 0. The highest BCUT2D eigenvalue weighted by Crippen LogP contribution is 2.58. The fourth-order valence-corrected chi connectivity index (χ4v) is 5.73. The van der Waals surface area contributed by atoms with Crippen LogP contribution in [0.2, 0.25) is 0 Å². The molecule has 5 unspecified atom stereocenters. The molecule has 1 aromatic rings. The maximum atomic E-state index is 10.9. The van der Waals surface area contributed by atoms with Gasteiger partial charge in [-0.05, 0) is 61.5 Å². The minimum absolute atomic E-state index is 0.0250. The van der Waals surface area contributed by atoms with Gasteiger partial charge < -0.3 is 19.3 Å². The van der Waals surface area contributed by atoms with Crippen molar-refractivity contribution in [3.63, 3.8) is 0 Å². The van der Waals surface area contributed by atoms with Gasteiger partial charge in [0, 0.05) is 5.92 Å². The Bertz CT molecular complexity index is 733. The summed E-state index contributed by atoms with van der Waals surface area (Å²) in [6.45, 7) is 8.63. The van der Waals surface area contributed by atoms with Crippen LogP contribution in [-0.4, -0.2) is 42.2 Å². The van der Waals surface area contributed by atoms with Gasteiger partial charge in [-0.15, -0.1) is 0 Å². The van der Waals surface area contributed by atoms with E-state index in [2.05, 4.69) is 18.5 Å². The third kappa shape index (κ3) is 3.55. The Hall–Kier alpha value is -1.92. The first kappa shape index (κ1) is 19.4. The van der Waals surface area contributed by atoms with Crippen molar-refractivity contribution in [2.24, 2.45) is 23.2 Å². The predicted octanol–water partition coefficient (Wildman–Crippen LogP) is 3.92. The van der Waals surface area contributed by atoms with E-state index in [1.807, 2.05) is 0 Å². The number of allylic oxidation sites excluding steroid dienone is 1. The number of ether oxygens (including phenoxy) is 3. The van der Waals surface area contributed by atoms with Crippen molar-refractivity contribution in [2.75, 3.05) is 20.0 Å². The maximum Gasteiger partial charge on any atom is 0.354 e. The van der Waals surface area contributed by atoms with Crippen molar-refractivity contribution in [3.8, 4) is 5.75 Å². The SMILES string of the molecule is C=C1CCC2C3COCOC3CCC2(C)C1CCOc1ccc(C(=O)O)nc1. The van der Waals surface area contributed by atoms with Crippen LogP contribution in [0.1, 0.15) is 49.5 Å². The summed E-state index contributed by atoms with van der Waals surface area (Å²) in [6, 6.07) is 3.14. The number of hydrogen-bond donors (Lipinski definition) is 1. The summed E-state index contributed by atoms with van der Waals surface area (Å²) >= 11 is 0. The lowest BCUT2D eigenvalue weighted by Crippen LogP contribution is -2.54. The number of rotatable bonds is 5. The monoisotopic (exact) mass is 387 g/mol. The fourth-order valence-electron chi connectivity index (χ4n) is 5.73. The lowest BCUT2D eigenvalue weighted by Gasteiger charge is -2.57. The molecule has 3 aliphatic rings. The van der Waals surface area contributed by atoms with Crippen molar-refractivity contribution in [1.29, 1.82) is 0 Å². The molecule has 1 N–H and O–H groups in total. The van der Waals surface area contributed by atoms with E-state index in [9.17, 15) is 4.79 Å². The van der Waals surface area contributed by atoms with Crippen LogP contribution >= 0.6 is 0 Å². The molecule has 4 rings (SSSR count). The van der Waals surface area contributed by atoms with Gasteiger partial charge in [-0.25, -0.2) is 9.78 Å². The number of aromatic nitrogens is 1. The van der Waals surface area contributed by atoms with E-state index in [1.165, 1.54) is 24.3 Å². The van der Waals surface area contributed by atoms with Gasteiger partial charge in [-0.1, -0.05) is 19.1 Å². The highest BCUT2D eigenvalue weighted by Gasteiger charge is 2.53. The molecule has 1 aromatic heterocycles. The van der Waals surface area contributed by atoms with Crippen molar-refractivity contribution in [1.82, 2.24) is 4.98 Å². The van der Waals surface area contributed by atoms with Crippen molar-refractivity contribution in [2.45, 2.75) is 45.1 Å². The van der Waals surface area contributed by atoms with Crippen molar-refractivity contribution < 1.29 is 24.1 Å². The number of nitrogens with zero attached hydrogens (tertiary/aromatic N) is 1. The zero-order valence-corrected chi connectivity index (χ0v) is 16.4. The van der Waals surface area contributed by atoms with Gasteiger partial charge in [0.25, 0.3) is 0 Å². The number of pyridine rings is 1.